The molecule has 0 N–H and O–H groups in total. The molecule has 2 heteroatoms. The summed E-state index contributed by atoms with van der Waals surface area (Å²) in [6.45, 7) is 8.86. The SMILES string of the molecule is [B]c1ccc(/C=C/c2ccc(N(c3ccc(C)cc3)c3ccc(C(C)(C)C)cc3)cc2)cc1. The largest absolute Gasteiger partial charge is 0.311 e. The van der Waals surface area contributed by atoms with Crippen LogP contribution in [0.15, 0.2) is 97.1 Å². The highest BCUT2D eigenvalue weighted by molar-refractivity contribution is 6.32. The maximum absolute atomic E-state index is 5.78. The Balaban J connectivity index is 1.65. The highest BCUT2D eigenvalue weighted by Gasteiger charge is 2.16. The summed E-state index contributed by atoms with van der Waals surface area (Å²) >= 11 is 0. The lowest BCUT2D eigenvalue weighted by molar-refractivity contribution is 0.590. The smallest absolute Gasteiger partial charge is 0.113 e. The van der Waals surface area contributed by atoms with E-state index >= 15 is 0 Å². The lowest BCUT2D eigenvalue weighted by atomic mass is 9.87. The van der Waals surface area contributed by atoms with E-state index in [4.69, 9.17) is 7.85 Å². The lowest BCUT2D eigenvalue weighted by Crippen LogP contribution is -2.13. The van der Waals surface area contributed by atoms with Gasteiger partial charge < -0.3 is 4.90 Å². The van der Waals surface area contributed by atoms with E-state index < -0.39 is 0 Å². The minimum atomic E-state index is 0.131. The Morgan fingerprint density at radius 3 is 1.42 bits per heavy atom. The van der Waals surface area contributed by atoms with Gasteiger partial charge in [0.1, 0.15) is 7.85 Å². The average Bonchev–Trinajstić information content (AvgIpc) is 2.81. The van der Waals surface area contributed by atoms with Gasteiger partial charge >= 0.3 is 0 Å². The predicted octanol–water partition coefficient (Wildman–Crippen LogP) is 7.73. The number of rotatable bonds is 5. The van der Waals surface area contributed by atoms with Gasteiger partial charge in [0, 0.05) is 17.1 Å². The number of aryl methyl sites for hydroxylation is 1. The van der Waals surface area contributed by atoms with Crippen molar-refractivity contribution in [3.63, 3.8) is 0 Å². The number of anilines is 3. The summed E-state index contributed by atoms with van der Waals surface area (Å²) in [5, 5.41) is 0. The normalized spacial score (nSPS) is 11.6. The molecule has 0 aliphatic heterocycles. The van der Waals surface area contributed by atoms with Gasteiger partial charge in [-0.1, -0.05) is 105 Å². The van der Waals surface area contributed by atoms with E-state index in [9.17, 15) is 0 Å². The molecule has 0 unspecified atom stereocenters. The van der Waals surface area contributed by atoms with Crippen molar-refractivity contribution in [2.45, 2.75) is 33.1 Å². The van der Waals surface area contributed by atoms with Crippen molar-refractivity contribution in [2.24, 2.45) is 0 Å². The van der Waals surface area contributed by atoms with E-state index in [-0.39, 0.29) is 5.41 Å². The molecule has 0 heterocycles. The minimum Gasteiger partial charge on any atom is -0.311 e. The second-order valence-electron chi connectivity index (χ2n) is 9.56. The third-order valence-electron chi connectivity index (χ3n) is 5.84. The zero-order chi connectivity index (χ0) is 23.4. The predicted molar refractivity (Wildman–Crippen MR) is 145 cm³/mol. The molecule has 0 fully saturated rings. The van der Waals surface area contributed by atoms with Crippen LogP contribution in [-0.2, 0) is 5.41 Å². The van der Waals surface area contributed by atoms with Crippen LogP contribution >= 0.6 is 0 Å². The number of hydrogen-bond acceptors (Lipinski definition) is 1. The fourth-order valence-electron chi connectivity index (χ4n) is 3.79. The maximum atomic E-state index is 5.78. The van der Waals surface area contributed by atoms with Gasteiger partial charge in [-0.2, -0.15) is 0 Å². The highest BCUT2D eigenvalue weighted by atomic mass is 15.1. The van der Waals surface area contributed by atoms with Crippen molar-refractivity contribution in [3.8, 4) is 0 Å². The summed E-state index contributed by atoms with van der Waals surface area (Å²) < 4.78 is 0. The Morgan fingerprint density at radius 1 is 0.576 bits per heavy atom. The standard InChI is InChI=1S/C31H30BN/c1-23-5-17-28(18-6-23)33(30-21-13-26(14-22-30)31(2,3)4)29-19-11-25(12-20-29)8-7-24-9-15-27(32)16-10-24/h5-22H,1-4H3/b8-7+. The van der Waals surface area contributed by atoms with Crippen LogP contribution in [0.2, 0.25) is 0 Å². The quantitative estimate of drug-likeness (QED) is 0.233. The van der Waals surface area contributed by atoms with Crippen LogP contribution in [0.3, 0.4) is 0 Å². The fraction of sp³-hybridized carbons (Fsp3) is 0.161. The first kappa shape index (κ1) is 22.7. The first-order valence-electron chi connectivity index (χ1n) is 11.4. The molecule has 0 saturated carbocycles. The summed E-state index contributed by atoms with van der Waals surface area (Å²) in [5.41, 5.74) is 9.21. The van der Waals surface area contributed by atoms with E-state index in [1.54, 1.807) is 0 Å². The highest BCUT2D eigenvalue weighted by Crippen LogP contribution is 2.36. The summed E-state index contributed by atoms with van der Waals surface area (Å²) in [5.74, 6) is 0. The van der Waals surface area contributed by atoms with Crippen LogP contribution in [0.5, 0.6) is 0 Å². The Bertz CT molecular complexity index is 1210. The van der Waals surface area contributed by atoms with E-state index in [2.05, 4.69) is 118 Å². The van der Waals surface area contributed by atoms with Gasteiger partial charge in [0.15, 0.2) is 0 Å². The molecule has 0 bridgehead atoms. The molecule has 0 amide bonds. The van der Waals surface area contributed by atoms with Crippen LogP contribution in [0.1, 0.15) is 43.0 Å². The van der Waals surface area contributed by atoms with E-state index in [0.717, 1.165) is 33.7 Å². The summed E-state index contributed by atoms with van der Waals surface area (Å²) in [7, 11) is 5.78. The van der Waals surface area contributed by atoms with Gasteiger partial charge in [0.05, 0.1) is 0 Å². The van der Waals surface area contributed by atoms with Crippen LogP contribution in [0.4, 0.5) is 17.1 Å². The number of hydrogen-bond donors (Lipinski definition) is 0. The number of nitrogens with zero attached hydrogens (tertiary/aromatic N) is 1. The molecule has 2 radical (unpaired) electrons. The van der Waals surface area contributed by atoms with Crippen molar-refractivity contribution in [2.75, 3.05) is 4.90 Å². The molecule has 4 aromatic rings. The van der Waals surface area contributed by atoms with Crippen LogP contribution in [0, 0.1) is 6.92 Å². The maximum Gasteiger partial charge on any atom is 0.113 e. The Morgan fingerprint density at radius 2 is 0.970 bits per heavy atom. The van der Waals surface area contributed by atoms with E-state index in [1.165, 1.54) is 11.1 Å². The summed E-state index contributed by atoms with van der Waals surface area (Å²) in [4.78, 5) is 2.30. The van der Waals surface area contributed by atoms with Crippen molar-refractivity contribution < 1.29 is 0 Å². The molecule has 162 valence electrons. The zero-order valence-electron chi connectivity index (χ0n) is 19.9. The van der Waals surface area contributed by atoms with Gasteiger partial charge in [0.25, 0.3) is 0 Å². The first-order chi connectivity index (χ1) is 15.8. The van der Waals surface area contributed by atoms with Gasteiger partial charge in [-0.25, -0.2) is 0 Å². The Kier molecular flexibility index (Phi) is 6.56. The number of benzene rings is 4. The Hall–Kier alpha value is -3.52. The molecule has 0 atom stereocenters. The summed E-state index contributed by atoms with van der Waals surface area (Å²) in [6, 6.07) is 34.2. The van der Waals surface area contributed by atoms with Gasteiger partial charge in [-0.05, 0) is 65.4 Å². The molecular formula is C31H30BN. The van der Waals surface area contributed by atoms with Gasteiger partial charge in [-0.3, -0.25) is 0 Å². The molecule has 0 aromatic heterocycles. The molecule has 0 aliphatic rings. The van der Waals surface area contributed by atoms with Crippen molar-refractivity contribution in [1.82, 2.24) is 0 Å². The van der Waals surface area contributed by atoms with Crippen LogP contribution < -0.4 is 10.4 Å². The van der Waals surface area contributed by atoms with Gasteiger partial charge in [-0.15, -0.1) is 0 Å². The lowest BCUT2D eigenvalue weighted by Gasteiger charge is -2.27. The zero-order valence-corrected chi connectivity index (χ0v) is 19.9. The molecule has 33 heavy (non-hydrogen) atoms. The molecule has 1 nitrogen and oxygen atoms in total. The monoisotopic (exact) mass is 427 g/mol. The molecule has 0 spiro atoms. The minimum absolute atomic E-state index is 0.131. The van der Waals surface area contributed by atoms with E-state index in [1.807, 2.05) is 24.3 Å². The second kappa shape index (κ2) is 9.54. The average molecular weight is 427 g/mol. The summed E-state index contributed by atoms with van der Waals surface area (Å²) in [6.07, 6.45) is 4.24. The molecule has 4 rings (SSSR count). The molecular weight excluding hydrogens is 397 g/mol. The van der Waals surface area contributed by atoms with Crippen LogP contribution in [-0.4, -0.2) is 7.85 Å². The fourth-order valence-corrected chi connectivity index (χ4v) is 3.79. The van der Waals surface area contributed by atoms with Crippen molar-refractivity contribution in [1.29, 1.82) is 0 Å². The van der Waals surface area contributed by atoms with Crippen molar-refractivity contribution >= 4 is 42.5 Å². The van der Waals surface area contributed by atoms with Crippen molar-refractivity contribution in [3.05, 3.63) is 119 Å². The second-order valence-corrected chi connectivity index (χ2v) is 9.56. The van der Waals surface area contributed by atoms with Crippen LogP contribution in [0.25, 0.3) is 12.2 Å². The molecule has 0 saturated heterocycles. The third-order valence-corrected chi connectivity index (χ3v) is 5.84. The molecule has 0 aliphatic carbocycles. The Labute approximate surface area is 199 Å². The van der Waals surface area contributed by atoms with E-state index in [0.29, 0.717) is 0 Å². The third kappa shape index (κ3) is 5.65. The molecule has 4 aromatic carbocycles. The first-order valence-corrected chi connectivity index (χ1v) is 11.4. The van der Waals surface area contributed by atoms with Gasteiger partial charge in [0.2, 0.25) is 0 Å². The topological polar surface area (TPSA) is 3.24 Å².